The summed E-state index contributed by atoms with van der Waals surface area (Å²) >= 11 is 1.38. The van der Waals surface area contributed by atoms with Crippen LogP contribution in [-0.2, 0) is 0 Å². The van der Waals surface area contributed by atoms with Gasteiger partial charge in [-0.2, -0.15) is 0 Å². The topological polar surface area (TPSA) is 59.2 Å². The number of hydrogen-bond acceptors (Lipinski definition) is 4. The predicted octanol–water partition coefficient (Wildman–Crippen LogP) is 3.51. The Kier molecular flexibility index (Phi) is 3.51. The molecule has 0 aliphatic heterocycles. The number of para-hydroxylation sites is 1. The van der Waals surface area contributed by atoms with E-state index in [2.05, 4.69) is 4.98 Å². The maximum absolute atomic E-state index is 12.5. The Morgan fingerprint density at radius 3 is 2.71 bits per heavy atom. The van der Waals surface area contributed by atoms with E-state index in [1.165, 1.54) is 11.3 Å². The van der Waals surface area contributed by atoms with Crippen LogP contribution in [0.25, 0.3) is 21.1 Å². The van der Waals surface area contributed by atoms with Crippen LogP contribution >= 0.6 is 11.3 Å². The van der Waals surface area contributed by atoms with Crippen LogP contribution in [0.4, 0.5) is 5.69 Å². The predicted molar refractivity (Wildman–Crippen MR) is 88.8 cm³/mol. The molecule has 108 valence electrons. The highest BCUT2D eigenvalue weighted by molar-refractivity contribution is 7.21. The number of pyridine rings is 1. The van der Waals surface area contributed by atoms with Crippen LogP contribution in [0.3, 0.4) is 0 Å². The third-order valence-corrected chi connectivity index (χ3v) is 4.77. The first-order valence-corrected chi connectivity index (χ1v) is 7.84. The molecule has 0 spiro atoms. The monoisotopic (exact) mass is 299 g/mol. The molecule has 3 aromatic rings. The normalized spacial score (nSPS) is 11.1. The van der Waals surface area contributed by atoms with Gasteiger partial charge in [0, 0.05) is 23.9 Å². The molecule has 2 N–H and O–H groups in total. The van der Waals surface area contributed by atoms with E-state index in [-0.39, 0.29) is 5.91 Å². The van der Waals surface area contributed by atoms with E-state index in [1.54, 1.807) is 4.90 Å². The van der Waals surface area contributed by atoms with Crippen molar-refractivity contribution in [3.8, 4) is 0 Å². The first-order valence-electron chi connectivity index (χ1n) is 7.02. The van der Waals surface area contributed by atoms with E-state index in [4.69, 9.17) is 5.73 Å². The van der Waals surface area contributed by atoms with Crippen molar-refractivity contribution < 1.29 is 4.79 Å². The van der Waals surface area contributed by atoms with Crippen molar-refractivity contribution >= 4 is 44.1 Å². The lowest BCUT2D eigenvalue weighted by molar-refractivity contribution is 0.0779. The number of thiophene rings is 1. The number of hydrogen-bond donors (Lipinski definition) is 1. The lowest BCUT2D eigenvalue weighted by atomic mass is 10.1. The summed E-state index contributed by atoms with van der Waals surface area (Å²) < 4.78 is 0. The SMILES string of the molecule is CCN(CC)C(=O)c1sc2nc3ccccc3cc2c1N. The number of nitrogen functional groups attached to an aromatic ring is 1. The Morgan fingerprint density at radius 1 is 1.29 bits per heavy atom. The number of carbonyl (C=O) groups excluding carboxylic acids is 1. The van der Waals surface area contributed by atoms with Crippen molar-refractivity contribution in [1.82, 2.24) is 9.88 Å². The lowest BCUT2D eigenvalue weighted by Crippen LogP contribution is -2.30. The molecule has 5 heteroatoms. The molecule has 2 aromatic heterocycles. The average molecular weight is 299 g/mol. The number of aromatic nitrogens is 1. The highest BCUT2D eigenvalue weighted by Crippen LogP contribution is 2.35. The maximum Gasteiger partial charge on any atom is 0.266 e. The standard InChI is InChI=1S/C16H17N3OS/c1-3-19(4-2)16(20)14-13(17)11-9-10-7-5-6-8-12(10)18-15(11)21-14/h5-9H,3-4,17H2,1-2H3. The first-order chi connectivity index (χ1) is 10.2. The van der Waals surface area contributed by atoms with Gasteiger partial charge in [-0.3, -0.25) is 4.79 Å². The van der Waals surface area contributed by atoms with E-state index in [1.807, 2.05) is 44.2 Å². The molecular formula is C16H17N3OS. The Labute approximate surface area is 127 Å². The molecule has 0 fully saturated rings. The molecule has 0 aliphatic carbocycles. The summed E-state index contributed by atoms with van der Waals surface area (Å²) in [7, 11) is 0. The van der Waals surface area contributed by atoms with Crippen molar-refractivity contribution in [2.24, 2.45) is 0 Å². The quantitative estimate of drug-likeness (QED) is 0.805. The minimum absolute atomic E-state index is 0.00967. The third kappa shape index (κ3) is 2.23. The molecule has 0 bridgehead atoms. The minimum atomic E-state index is -0.00967. The molecule has 3 rings (SSSR count). The zero-order chi connectivity index (χ0) is 15.0. The highest BCUT2D eigenvalue weighted by atomic mass is 32.1. The number of nitrogens with two attached hydrogens (primary N) is 1. The molecule has 0 radical (unpaired) electrons. The van der Waals surface area contributed by atoms with Crippen molar-refractivity contribution in [3.63, 3.8) is 0 Å². The fourth-order valence-electron chi connectivity index (χ4n) is 2.46. The number of benzene rings is 1. The van der Waals surface area contributed by atoms with Crippen LogP contribution in [0.5, 0.6) is 0 Å². The average Bonchev–Trinajstić information content (AvgIpc) is 2.83. The van der Waals surface area contributed by atoms with E-state index in [9.17, 15) is 4.79 Å². The largest absolute Gasteiger partial charge is 0.397 e. The minimum Gasteiger partial charge on any atom is -0.397 e. The zero-order valence-electron chi connectivity index (χ0n) is 12.1. The van der Waals surface area contributed by atoms with Gasteiger partial charge in [-0.05, 0) is 26.0 Å². The Bertz CT molecular complexity index is 821. The van der Waals surface area contributed by atoms with Crippen LogP contribution in [0, 0.1) is 0 Å². The van der Waals surface area contributed by atoms with Crippen LogP contribution in [0.1, 0.15) is 23.5 Å². The number of amides is 1. The van der Waals surface area contributed by atoms with E-state index in [0.29, 0.717) is 23.7 Å². The Morgan fingerprint density at radius 2 is 2.00 bits per heavy atom. The second kappa shape index (κ2) is 5.33. The van der Waals surface area contributed by atoms with Crippen LogP contribution < -0.4 is 5.73 Å². The molecule has 0 atom stereocenters. The molecule has 4 nitrogen and oxygen atoms in total. The van der Waals surface area contributed by atoms with Gasteiger partial charge in [0.25, 0.3) is 5.91 Å². The second-order valence-corrected chi connectivity index (χ2v) is 5.86. The van der Waals surface area contributed by atoms with Crippen molar-refractivity contribution in [2.45, 2.75) is 13.8 Å². The van der Waals surface area contributed by atoms with Gasteiger partial charge in [-0.25, -0.2) is 4.98 Å². The Balaban J connectivity index is 2.19. The van der Waals surface area contributed by atoms with Gasteiger partial charge in [-0.15, -0.1) is 11.3 Å². The highest BCUT2D eigenvalue weighted by Gasteiger charge is 2.21. The van der Waals surface area contributed by atoms with E-state index < -0.39 is 0 Å². The molecule has 1 amide bonds. The molecule has 0 saturated heterocycles. The summed E-state index contributed by atoms with van der Waals surface area (Å²) in [6, 6.07) is 9.92. The van der Waals surface area contributed by atoms with Crippen molar-refractivity contribution in [3.05, 3.63) is 35.2 Å². The fraction of sp³-hybridized carbons (Fsp3) is 0.250. The number of rotatable bonds is 3. The van der Waals surface area contributed by atoms with Gasteiger partial charge >= 0.3 is 0 Å². The molecular weight excluding hydrogens is 282 g/mol. The molecule has 0 saturated carbocycles. The lowest BCUT2D eigenvalue weighted by Gasteiger charge is -2.17. The maximum atomic E-state index is 12.5. The van der Waals surface area contributed by atoms with E-state index >= 15 is 0 Å². The van der Waals surface area contributed by atoms with Crippen LogP contribution in [0.15, 0.2) is 30.3 Å². The number of nitrogens with zero attached hydrogens (tertiary/aromatic N) is 2. The fourth-order valence-corrected chi connectivity index (χ4v) is 3.51. The summed E-state index contributed by atoms with van der Waals surface area (Å²) in [4.78, 5) is 20.3. The smallest absolute Gasteiger partial charge is 0.266 e. The third-order valence-electron chi connectivity index (χ3n) is 3.67. The van der Waals surface area contributed by atoms with Gasteiger partial charge in [0.05, 0.1) is 11.2 Å². The second-order valence-electron chi connectivity index (χ2n) is 4.86. The summed E-state index contributed by atoms with van der Waals surface area (Å²) in [5, 5.41) is 1.91. The molecule has 0 aliphatic rings. The Hall–Kier alpha value is -2.14. The first kappa shape index (κ1) is 13.8. The van der Waals surface area contributed by atoms with Gasteiger partial charge in [0.1, 0.15) is 9.71 Å². The molecule has 2 heterocycles. The van der Waals surface area contributed by atoms with Gasteiger partial charge < -0.3 is 10.6 Å². The molecule has 21 heavy (non-hydrogen) atoms. The van der Waals surface area contributed by atoms with Crippen LogP contribution in [0.2, 0.25) is 0 Å². The molecule has 1 aromatic carbocycles. The number of fused-ring (bicyclic) bond motifs is 2. The van der Waals surface area contributed by atoms with Crippen LogP contribution in [-0.4, -0.2) is 28.9 Å². The number of anilines is 1. The van der Waals surface area contributed by atoms with Gasteiger partial charge in [0.15, 0.2) is 0 Å². The van der Waals surface area contributed by atoms with Crippen molar-refractivity contribution in [2.75, 3.05) is 18.8 Å². The number of carbonyl (C=O) groups is 1. The summed E-state index contributed by atoms with van der Waals surface area (Å²) in [5.74, 6) is -0.00967. The van der Waals surface area contributed by atoms with Gasteiger partial charge in [-0.1, -0.05) is 18.2 Å². The van der Waals surface area contributed by atoms with Crippen molar-refractivity contribution in [1.29, 1.82) is 0 Å². The summed E-state index contributed by atoms with van der Waals surface area (Å²) in [5.41, 5.74) is 7.67. The summed E-state index contributed by atoms with van der Waals surface area (Å²) in [6.45, 7) is 5.30. The summed E-state index contributed by atoms with van der Waals surface area (Å²) in [6.07, 6.45) is 0. The zero-order valence-corrected chi connectivity index (χ0v) is 12.9. The van der Waals surface area contributed by atoms with Gasteiger partial charge in [0.2, 0.25) is 0 Å². The van der Waals surface area contributed by atoms with E-state index in [0.717, 1.165) is 21.1 Å². The molecule has 0 unspecified atom stereocenters.